The summed E-state index contributed by atoms with van der Waals surface area (Å²) in [5.74, 6) is 0.266. The Kier molecular flexibility index (Phi) is 2.68. The van der Waals surface area contributed by atoms with Gasteiger partial charge in [0, 0.05) is 0 Å². The molecule has 0 atom stereocenters. The van der Waals surface area contributed by atoms with Crippen molar-refractivity contribution in [3.05, 3.63) is 48.5 Å². The van der Waals surface area contributed by atoms with Crippen molar-refractivity contribution in [2.45, 2.75) is 4.90 Å². The maximum absolute atomic E-state index is 12.1. The predicted octanol–water partition coefficient (Wildman–Crippen LogP) is 1.73. The van der Waals surface area contributed by atoms with Crippen LogP contribution in [-0.4, -0.2) is 23.8 Å². The Balaban J connectivity index is 1.99. The van der Waals surface area contributed by atoms with Crippen molar-refractivity contribution < 1.29 is 12.6 Å². The minimum atomic E-state index is -3.86. The second kappa shape index (κ2) is 4.36. The standard InChI is InChI=1S/C12H9N3O3S/c16-19(17,18-9-4-2-1-3-5-9)10-6-7-11-12(8-10)14-15-13-11/h1-8H,(H,13,14,15). The third-order valence-corrected chi connectivity index (χ3v) is 3.77. The van der Waals surface area contributed by atoms with Crippen LogP contribution in [0.3, 0.4) is 0 Å². The molecule has 0 bridgehead atoms. The van der Waals surface area contributed by atoms with Gasteiger partial charge in [-0.3, -0.25) is 0 Å². The van der Waals surface area contributed by atoms with Crippen molar-refractivity contribution in [2.75, 3.05) is 0 Å². The Hall–Kier alpha value is -2.41. The van der Waals surface area contributed by atoms with Gasteiger partial charge in [-0.1, -0.05) is 18.2 Å². The zero-order valence-electron chi connectivity index (χ0n) is 9.65. The van der Waals surface area contributed by atoms with E-state index in [-0.39, 0.29) is 10.6 Å². The minimum Gasteiger partial charge on any atom is -0.379 e. The molecule has 0 fully saturated rings. The Morgan fingerprint density at radius 1 is 0.947 bits per heavy atom. The van der Waals surface area contributed by atoms with Crippen LogP contribution >= 0.6 is 0 Å². The summed E-state index contributed by atoms with van der Waals surface area (Å²) in [6.07, 6.45) is 0. The van der Waals surface area contributed by atoms with Gasteiger partial charge in [-0.05, 0) is 30.3 Å². The highest BCUT2D eigenvalue weighted by molar-refractivity contribution is 7.87. The molecule has 0 saturated heterocycles. The highest BCUT2D eigenvalue weighted by Gasteiger charge is 2.17. The molecule has 0 spiro atoms. The van der Waals surface area contributed by atoms with E-state index in [4.69, 9.17) is 4.18 Å². The highest BCUT2D eigenvalue weighted by atomic mass is 32.2. The molecule has 0 saturated carbocycles. The van der Waals surface area contributed by atoms with Gasteiger partial charge in [-0.25, -0.2) is 0 Å². The van der Waals surface area contributed by atoms with E-state index >= 15 is 0 Å². The number of rotatable bonds is 3. The van der Waals surface area contributed by atoms with Crippen LogP contribution in [-0.2, 0) is 10.1 Å². The van der Waals surface area contributed by atoms with Gasteiger partial charge in [-0.2, -0.15) is 23.8 Å². The lowest BCUT2D eigenvalue weighted by Crippen LogP contribution is -2.09. The fourth-order valence-electron chi connectivity index (χ4n) is 1.63. The Labute approximate surface area is 109 Å². The average Bonchev–Trinajstić information content (AvgIpc) is 2.86. The number of H-pyrrole nitrogens is 1. The van der Waals surface area contributed by atoms with Crippen LogP contribution in [0.15, 0.2) is 53.4 Å². The molecule has 19 heavy (non-hydrogen) atoms. The van der Waals surface area contributed by atoms with E-state index in [2.05, 4.69) is 15.4 Å². The van der Waals surface area contributed by atoms with Crippen LogP contribution < -0.4 is 4.18 Å². The minimum absolute atomic E-state index is 0.0396. The number of aromatic nitrogens is 3. The van der Waals surface area contributed by atoms with Gasteiger partial charge in [0.1, 0.15) is 21.7 Å². The predicted molar refractivity (Wildman–Crippen MR) is 68.1 cm³/mol. The van der Waals surface area contributed by atoms with Crippen LogP contribution in [0.4, 0.5) is 0 Å². The maximum Gasteiger partial charge on any atom is 0.339 e. The monoisotopic (exact) mass is 275 g/mol. The van der Waals surface area contributed by atoms with Gasteiger partial charge in [0.25, 0.3) is 0 Å². The quantitative estimate of drug-likeness (QED) is 0.736. The third kappa shape index (κ3) is 2.27. The Morgan fingerprint density at radius 3 is 2.47 bits per heavy atom. The van der Waals surface area contributed by atoms with Gasteiger partial charge >= 0.3 is 10.1 Å². The molecule has 6 nitrogen and oxygen atoms in total. The van der Waals surface area contributed by atoms with Crippen molar-refractivity contribution >= 4 is 21.2 Å². The van der Waals surface area contributed by atoms with Crippen LogP contribution in [0.2, 0.25) is 0 Å². The number of fused-ring (bicyclic) bond motifs is 1. The van der Waals surface area contributed by atoms with Crippen molar-refractivity contribution in [3.63, 3.8) is 0 Å². The van der Waals surface area contributed by atoms with E-state index in [1.165, 1.54) is 12.1 Å². The Bertz CT molecular complexity index is 812. The molecule has 2 aromatic carbocycles. The summed E-state index contributed by atoms with van der Waals surface area (Å²) in [5, 5.41) is 10.1. The lowest BCUT2D eigenvalue weighted by atomic mass is 10.3. The van der Waals surface area contributed by atoms with Crippen LogP contribution in [0.1, 0.15) is 0 Å². The molecule has 0 aliphatic heterocycles. The first kappa shape index (κ1) is 11.7. The van der Waals surface area contributed by atoms with E-state index in [9.17, 15) is 8.42 Å². The molecule has 0 amide bonds. The maximum atomic E-state index is 12.1. The molecule has 0 unspecified atom stereocenters. The summed E-state index contributed by atoms with van der Waals surface area (Å²) in [5.41, 5.74) is 1.07. The smallest absolute Gasteiger partial charge is 0.339 e. The summed E-state index contributed by atoms with van der Waals surface area (Å²) >= 11 is 0. The van der Waals surface area contributed by atoms with E-state index in [0.29, 0.717) is 11.0 Å². The van der Waals surface area contributed by atoms with Crippen molar-refractivity contribution in [2.24, 2.45) is 0 Å². The molecule has 0 aliphatic rings. The zero-order valence-corrected chi connectivity index (χ0v) is 10.5. The number of nitrogens with one attached hydrogen (secondary N) is 1. The molecule has 3 aromatic rings. The fourth-order valence-corrected chi connectivity index (χ4v) is 2.58. The van der Waals surface area contributed by atoms with Crippen LogP contribution in [0.25, 0.3) is 11.0 Å². The molecule has 0 radical (unpaired) electrons. The lowest BCUT2D eigenvalue weighted by Gasteiger charge is -2.06. The molecule has 3 rings (SSSR count). The van der Waals surface area contributed by atoms with Crippen molar-refractivity contribution in [3.8, 4) is 5.75 Å². The van der Waals surface area contributed by atoms with Gasteiger partial charge in [0.15, 0.2) is 0 Å². The number of hydrogen-bond acceptors (Lipinski definition) is 5. The molecule has 1 N–H and O–H groups in total. The van der Waals surface area contributed by atoms with E-state index in [1.807, 2.05) is 0 Å². The summed E-state index contributed by atoms with van der Waals surface area (Å²) in [4.78, 5) is 0.0396. The van der Waals surface area contributed by atoms with Crippen LogP contribution in [0, 0.1) is 0 Å². The second-order valence-electron chi connectivity index (χ2n) is 3.82. The molecule has 96 valence electrons. The number of hydrogen-bond donors (Lipinski definition) is 1. The lowest BCUT2D eigenvalue weighted by molar-refractivity contribution is 0.486. The highest BCUT2D eigenvalue weighted by Crippen LogP contribution is 2.20. The topological polar surface area (TPSA) is 84.9 Å². The van der Waals surface area contributed by atoms with E-state index in [1.54, 1.807) is 36.4 Å². The fraction of sp³-hybridized carbons (Fsp3) is 0. The normalized spacial score (nSPS) is 11.6. The van der Waals surface area contributed by atoms with Crippen LogP contribution in [0.5, 0.6) is 5.75 Å². The van der Waals surface area contributed by atoms with E-state index in [0.717, 1.165) is 0 Å². The molecule has 1 heterocycles. The van der Waals surface area contributed by atoms with Gasteiger partial charge in [0.2, 0.25) is 0 Å². The van der Waals surface area contributed by atoms with E-state index < -0.39 is 10.1 Å². The summed E-state index contributed by atoms with van der Waals surface area (Å²) in [6.45, 7) is 0. The second-order valence-corrected chi connectivity index (χ2v) is 5.37. The molecular formula is C12H9N3O3S. The number of benzene rings is 2. The Morgan fingerprint density at radius 2 is 1.68 bits per heavy atom. The first-order valence-corrected chi connectivity index (χ1v) is 6.86. The van der Waals surface area contributed by atoms with Gasteiger partial charge in [0.05, 0.1) is 0 Å². The molecule has 7 heteroatoms. The largest absolute Gasteiger partial charge is 0.379 e. The zero-order chi connectivity index (χ0) is 13.3. The molecule has 0 aliphatic carbocycles. The summed E-state index contributed by atoms with van der Waals surface area (Å²) in [7, 11) is -3.86. The number of nitrogens with zero attached hydrogens (tertiary/aromatic N) is 2. The SMILES string of the molecule is O=S(=O)(Oc1ccccc1)c1ccc2n[nH]nc2c1. The number of aromatic amines is 1. The van der Waals surface area contributed by atoms with Crippen molar-refractivity contribution in [1.29, 1.82) is 0 Å². The third-order valence-electron chi connectivity index (χ3n) is 2.53. The summed E-state index contributed by atoms with van der Waals surface area (Å²) < 4.78 is 29.2. The first-order chi connectivity index (χ1) is 9.15. The van der Waals surface area contributed by atoms with Gasteiger partial charge in [-0.15, -0.1) is 0 Å². The van der Waals surface area contributed by atoms with Crippen molar-refractivity contribution in [1.82, 2.24) is 15.4 Å². The molecular weight excluding hydrogens is 266 g/mol. The average molecular weight is 275 g/mol. The molecule has 1 aromatic heterocycles. The van der Waals surface area contributed by atoms with Gasteiger partial charge < -0.3 is 4.18 Å². The number of para-hydroxylation sites is 1. The first-order valence-electron chi connectivity index (χ1n) is 5.45. The summed E-state index contributed by atoms with van der Waals surface area (Å²) in [6, 6.07) is 12.7.